The van der Waals surface area contributed by atoms with Crippen molar-refractivity contribution in [3.63, 3.8) is 0 Å². The van der Waals surface area contributed by atoms with Crippen molar-refractivity contribution in [2.75, 3.05) is 6.61 Å². The third-order valence-corrected chi connectivity index (χ3v) is 5.79. The van der Waals surface area contributed by atoms with Crippen molar-refractivity contribution in [2.24, 2.45) is 0 Å². The minimum absolute atomic E-state index is 0.0422. The van der Waals surface area contributed by atoms with Gasteiger partial charge in [-0.1, -0.05) is 36.4 Å². The Morgan fingerprint density at radius 1 is 1.19 bits per heavy atom. The fourth-order valence-corrected chi connectivity index (χ4v) is 4.17. The minimum atomic E-state index is -4.74. The second-order valence-electron chi connectivity index (χ2n) is 7.20. The third kappa shape index (κ3) is 6.30. The van der Waals surface area contributed by atoms with Crippen LogP contribution in [0.2, 0.25) is 0 Å². The smallest absolute Gasteiger partial charge is 0.458 e. The van der Waals surface area contributed by atoms with E-state index in [0.717, 1.165) is 5.39 Å². The molecule has 0 aliphatic heterocycles. The van der Waals surface area contributed by atoms with E-state index in [1.54, 1.807) is 50.2 Å². The molecular weight excluding hydrogens is 426 g/mol. The van der Waals surface area contributed by atoms with E-state index >= 15 is 0 Å². The Hall–Kier alpha value is -1.90. The number of nitrogens with one attached hydrogen (secondary N) is 1. The Kier molecular flexibility index (Phi) is 7.94. The number of benzene rings is 2. The van der Waals surface area contributed by atoms with Gasteiger partial charge in [0.1, 0.15) is 34.1 Å². The molecule has 164 valence electrons. The molecule has 12 heteroatoms. The molecule has 3 N–H and O–H groups in total. The van der Waals surface area contributed by atoms with E-state index in [1.807, 2.05) is 0 Å². The molecule has 0 heterocycles. The molecule has 0 spiro atoms. The molecule has 0 fully saturated rings. The lowest BCUT2D eigenvalue weighted by atomic mass is 9.61. The Morgan fingerprint density at radius 3 is 2.42 bits per heavy atom. The number of hydrogen-bond donors (Lipinski definition) is 3. The van der Waals surface area contributed by atoms with Crippen LogP contribution in [-0.2, 0) is 18.6 Å². The van der Waals surface area contributed by atoms with Gasteiger partial charge in [-0.3, -0.25) is 9.32 Å². The Bertz CT molecular complexity index is 968. The minimum Gasteiger partial charge on any atom is -0.462 e. The predicted octanol–water partition coefficient (Wildman–Crippen LogP) is 1.91. The van der Waals surface area contributed by atoms with E-state index < -0.39 is 43.7 Å². The first-order valence-corrected chi connectivity index (χ1v) is 10.9. The molecule has 0 aromatic heterocycles. The van der Waals surface area contributed by atoms with Gasteiger partial charge in [0.15, 0.2) is 0 Å². The summed E-state index contributed by atoms with van der Waals surface area (Å²) < 4.78 is 43.2. The van der Waals surface area contributed by atoms with Crippen LogP contribution in [0.3, 0.4) is 0 Å². The number of aliphatic hydroxyl groups excluding tert-OH is 1. The van der Waals surface area contributed by atoms with Crippen molar-refractivity contribution in [1.82, 2.24) is 5.09 Å². The lowest BCUT2D eigenvalue weighted by Gasteiger charge is -2.38. The van der Waals surface area contributed by atoms with Crippen molar-refractivity contribution >= 4 is 40.2 Å². The van der Waals surface area contributed by atoms with Crippen LogP contribution in [0, 0.1) is 0 Å². The number of carbonyl (C=O) groups is 1. The van der Waals surface area contributed by atoms with E-state index in [0.29, 0.717) is 5.39 Å². The molecule has 2 aromatic rings. The molecule has 0 bridgehead atoms. The standard InChI is InChI=1S/C19H23B2FNO7P/c1-12(2)28-17(25)13(3)23-31(27,30-19(20,21)18(22,26)11-24)29-16-10-6-8-14-7-4-5-9-15(14)16/h4-10,12-13,24,26H,11H2,1-3H3,(H,23,27)/t13?,18-,31?/m0/s1. The summed E-state index contributed by atoms with van der Waals surface area (Å²) >= 11 is 0. The van der Waals surface area contributed by atoms with Gasteiger partial charge in [-0.2, -0.15) is 5.09 Å². The lowest BCUT2D eigenvalue weighted by molar-refractivity contribution is -0.176. The van der Waals surface area contributed by atoms with Crippen LogP contribution >= 0.6 is 7.75 Å². The van der Waals surface area contributed by atoms with E-state index in [2.05, 4.69) is 5.09 Å². The maximum absolute atomic E-state index is 14.2. The highest BCUT2D eigenvalue weighted by Crippen LogP contribution is 2.50. The van der Waals surface area contributed by atoms with E-state index in [-0.39, 0.29) is 5.75 Å². The normalized spacial score (nSPS) is 17.0. The Balaban J connectivity index is 2.44. The van der Waals surface area contributed by atoms with Crippen molar-refractivity contribution in [2.45, 2.75) is 44.2 Å². The molecule has 4 radical (unpaired) electrons. The van der Waals surface area contributed by atoms with Gasteiger partial charge in [0, 0.05) is 5.39 Å². The first kappa shape index (κ1) is 25.4. The van der Waals surface area contributed by atoms with Crippen LogP contribution in [0.1, 0.15) is 20.8 Å². The van der Waals surface area contributed by atoms with Gasteiger partial charge in [0.2, 0.25) is 5.85 Å². The summed E-state index contributed by atoms with van der Waals surface area (Å²) in [5, 5.41) is 19.0. The Morgan fingerprint density at radius 2 is 1.81 bits per heavy atom. The zero-order valence-corrected chi connectivity index (χ0v) is 18.2. The van der Waals surface area contributed by atoms with Crippen LogP contribution in [0.5, 0.6) is 5.75 Å². The molecule has 3 atom stereocenters. The van der Waals surface area contributed by atoms with Gasteiger partial charge < -0.3 is 19.5 Å². The van der Waals surface area contributed by atoms with Crippen molar-refractivity contribution < 1.29 is 37.7 Å². The van der Waals surface area contributed by atoms with E-state index in [1.165, 1.54) is 13.0 Å². The predicted molar refractivity (Wildman–Crippen MR) is 114 cm³/mol. The maximum atomic E-state index is 14.2. The lowest BCUT2D eigenvalue weighted by Crippen LogP contribution is -2.57. The largest absolute Gasteiger partial charge is 0.462 e. The molecule has 0 aliphatic rings. The molecule has 0 saturated carbocycles. The van der Waals surface area contributed by atoms with Gasteiger partial charge in [-0.15, -0.1) is 0 Å². The van der Waals surface area contributed by atoms with Crippen LogP contribution < -0.4 is 9.61 Å². The highest BCUT2D eigenvalue weighted by atomic mass is 31.2. The van der Waals surface area contributed by atoms with Crippen LogP contribution in [0.15, 0.2) is 42.5 Å². The van der Waals surface area contributed by atoms with Crippen molar-refractivity contribution in [3.8, 4) is 5.75 Å². The highest BCUT2D eigenvalue weighted by molar-refractivity contribution is 7.52. The first-order valence-electron chi connectivity index (χ1n) is 9.36. The molecule has 2 aromatic carbocycles. The molecular formula is C19H23B2FNO7P. The second kappa shape index (κ2) is 9.71. The zero-order valence-electron chi connectivity index (χ0n) is 17.3. The number of halogens is 1. The molecule has 0 amide bonds. The Labute approximate surface area is 182 Å². The second-order valence-corrected chi connectivity index (χ2v) is 8.82. The van der Waals surface area contributed by atoms with Crippen molar-refractivity contribution in [1.29, 1.82) is 0 Å². The van der Waals surface area contributed by atoms with Gasteiger partial charge in [-0.25, -0.2) is 8.96 Å². The van der Waals surface area contributed by atoms with E-state index in [4.69, 9.17) is 34.6 Å². The average molecular weight is 449 g/mol. The van der Waals surface area contributed by atoms with Crippen LogP contribution in [-0.4, -0.2) is 61.9 Å². The van der Waals surface area contributed by atoms with Gasteiger partial charge in [-0.05, 0) is 32.2 Å². The molecule has 2 rings (SSSR count). The monoisotopic (exact) mass is 449 g/mol. The average Bonchev–Trinajstić information content (AvgIpc) is 2.66. The number of rotatable bonds is 10. The third-order valence-electron chi connectivity index (χ3n) is 4.10. The molecule has 31 heavy (non-hydrogen) atoms. The van der Waals surface area contributed by atoms with Gasteiger partial charge >= 0.3 is 13.7 Å². The van der Waals surface area contributed by atoms with Crippen LogP contribution in [0.4, 0.5) is 4.39 Å². The van der Waals surface area contributed by atoms with Gasteiger partial charge in [0.25, 0.3) is 0 Å². The van der Waals surface area contributed by atoms with E-state index in [9.17, 15) is 18.9 Å². The zero-order chi connectivity index (χ0) is 23.4. The molecule has 2 unspecified atom stereocenters. The first-order chi connectivity index (χ1) is 14.3. The summed E-state index contributed by atoms with van der Waals surface area (Å²) in [6.07, 6.45) is -0.468. The van der Waals surface area contributed by atoms with Crippen LogP contribution in [0.25, 0.3) is 10.8 Å². The number of ether oxygens (including phenoxy) is 1. The molecule has 0 saturated heterocycles. The highest BCUT2D eigenvalue weighted by Gasteiger charge is 2.49. The summed E-state index contributed by atoms with van der Waals surface area (Å²) in [6.45, 7) is 2.97. The van der Waals surface area contributed by atoms with Gasteiger partial charge in [0.05, 0.1) is 11.5 Å². The maximum Gasteiger partial charge on any atom is 0.458 e. The molecule has 0 aliphatic carbocycles. The van der Waals surface area contributed by atoms with Crippen molar-refractivity contribution in [3.05, 3.63) is 42.5 Å². The number of alkyl halides is 1. The number of fused-ring (bicyclic) bond motifs is 1. The number of aliphatic hydroxyl groups is 2. The number of esters is 1. The summed E-state index contributed by atoms with van der Waals surface area (Å²) in [5.74, 6) is -4.45. The fourth-order valence-electron chi connectivity index (χ4n) is 2.49. The topological polar surface area (TPSA) is 114 Å². The summed E-state index contributed by atoms with van der Waals surface area (Å²) in [4.78, 5) is 12.2. The number of carbonyl (C=O) groups excluding carboxylic acids is 1. The summed E-state index contributed by atoms with van der Waals surface area (Å²) in [7, 11) is 6.16. The fraction of sp³-hybridized carbons (Fsp3) is 0.421. The summed E-state index contributed by atoms with van der Waals surface area (Å²) in [6, 6.07) is 10.5. The quantitative estimate of drug-likeness (QED) is 0.287. The summed E-state index contributed by atoms with van der Waals surface area (Å²) in [5.41, 5.74) is 0. The SMILES string of the molecule is [B]C([B])(OP(=O)(NC(C)C(=O)OC(C)C)Oc1cccc2ccccc12)[C@](O)(F)CO. The number of hydrogen-bond acceptors (Lipinski definition) is 7. The molecule has 8 nitrogen and oxygen atoms in total.